The summed E-state index contributed by atoms with van der Waals surface area (Å²) in [5, 5.41) is 5.65. The summed E-state index contributed by atoms with van der Waals surface area (Å²) in [5.41, 5.74) is 5.78. The topological polar surface area (TPSA) is 84.2 Å². The molecule has 4 N–H and O–H groups in total. The van der Waals surface area contributed by atoms with Gasteiger partial charge in [-0.1, -0.05) is 36.4 Å². The van der Waals surface area contributed by atoms with E-state index in [0.29, 0.717) is 19.4 Å². The normalized spacial score (nSPS) is 10.8. The predicted molar refractivity (Wildman–Crippen MR) is 121 cm³/mol. The third kappa shape index (κ3) is 12.9. The van der Waals surface area contributed by atoms with Crippen molar-refractivity contribution in [1.82, 2.24) is 5.32 Å². The number of alkyl halides is 3. The molecular weight excluding hydrogens is 419 g/mol. The third-order valence-electron chi connectivity index (χ3n) is 4.43. The van der Waals surface area contributed by atoms with Gasteiger partial charge in [0.1, 0.15) is 6.29 Å². The highest BCUT2D eigenvalue weighted by molar-refractivity contribution is 5.90. The molecule has 0 aliphatic rings. The van der Waals surface area contributed by atoms with Crippen molar-refractivity contribution >= 4 is 17.9 Å². The number of anilines is 1. The quantitative estimate of drug-likeness (QED) is 0.326. The number of hydrogen-bond donors (Lipinski definition) is 3. The minimum atomic E-state index is -4.41. The number of nitrogens with one attached hydrogen (secondary N) is 2. The Morgan fingerprint density at radius 2 is 1.72 bits per heavy atom. The Hall–Kier alpha value is -2.71. The van der Waals surface area contributed by atoms with Gasteiger partial charge in [0.25, 0.3) is 0 Å². The van der Waals surface area contributed by atoms with Gasteiger partial charge in [-0.3, -0.25) is 4.79 Å². The molecule has 2 rings (SSSR count). The molecule has 0 aliphatic heterocycles. The van der Waals surface area contributed by atoms with Crippen LogP contribution in [0.2, 0.25) is 0 Å². The number of nitrogens with two attached hydrogens (primary N) is 1. The highest BCUT2D eigenvalue weighted by atomic mass is 19.4. The van der Waals surface area contributed by atoms with Gasteiger partial charge in [0.15, 0.2) is 0 Å². The average Bonchev–Trinajstić information content (AvgIpc) is 2.77. The van der Waals surface area contributed by atoms with Gasteiger partial charge in [0.05, 0.1) is 5.56 Å². The molecule has 0 unspecified atom stereocenters. The maximum Gasteiger partial charge on any atom is 0.416 e. The first-order valence-corrected chi connectivity index (χ1v) is 10.7. The summed E-state index contributed by atoms with van der Waals surface area (Å²) >= 11 is 0. The Morgan fingerprint density at radius 3 is 2.38 bits per heavy atom. The zero-order valence-corrected chi connectivity index (χ0v) is 18.2. The van der Waals surface area contributed by atoms with Gasteiger partial charge < -0.3 is 21.2 Å². The Kier molecular flexibility index (Phi) is 13.7. The van der Waals surface area contributed by atoms with Gasteiger partial charge >= 0.3 is 6.18 Å². The molecule has 0 saturated carbocycles. The second-order valence-corrected chi connectivity index (χ2v) is 7.17. The minimum Gasteiger partial charge on any atom is -0.329 e. The van der Waals surface area contributed by atoms with E-state index < -0.39 is 11.7 Å². The molecule has 32 heavy (non-hydrogen) atoms. The molecule has 0 fully saturated rings. The number of unbranched alkanes of at least 4 members (excludes halogenated alkanes) is 2. The molecule has 0 atom stereocenters. The number of carbonyl (C=O) groups is 2. The molecule has 0 spiro atoms. The van der Waals surface area contributed by atoms with E-state index in [1.165, 1.54) is 12.1 Å². The zero-order chi connectivity index (χ0) is 23.7. The van der Waals surface area contributed by atoms with Crippen molar-refractivity contribution in [2.24, 2.45) is 5.73 Å². The summed E-state index contributed by atoms with van der Waals surface area (Å²) < 4.78 is 37.7. The average molecular weight is 452 g/mol. The first-order chi connectivity index (χ1) is 15.4. The molecule has 0 radical (unpaired) electrons. The van der Waals surface area contributed by atoms with Crippen LogP contribution in [0.5, 0.6) is 0 Å². The number of benzene rings is 2. The van der Waals surface area contributed by atoms with Gasteiger partial charge in [-0.25, -0.2) is 0 Å². The molecule has 0 heterocycles. The van der Waals surface area contributed by atoms with Gasteiger partial charge in [0.2, 0.25) is 5.91 Å². The minimum absolute atomic E-state index is 0.166. The van der Waals surface area contributed by atoms with E-state index in [0.717, 1.165) is 56.3 Å². The maximum absolute atomic E-state index is 12.6. The number of aryl methyl sites for hydroxylation is 1. The Bertz CT molecular complexity index is 784. The molecule has 0 aliphatic carbocycles. The number of amides is 1. The second kappa shape index (κ2) is 16.0. The molecule has 0 saturated heterocycles. The van der Waals surface area contributed by atoms with Crippen LogP contribution in [0, 0.1) is 0 Å². The lowest BCUT2D eigenvalue weighted by molar-refractivity contribution is -0.137. The fourth-order valence-corrected chi connectivity index (χ4v) is 2.80. The van der Waals surface area contributed by atoms with Crippen LogP contribution in [0.1, 0.15) is 43.2 Å². The van der Waals surface area contributed by atoms with Crippen LogP contribution >= 0.6 is 0 Å². The number of halogens is 3. The van der Waals surface area contributed by atoms with Gasteiger partial charge in [-0.05, 0) is 56.0 Å². The Balaban J connectivity index is 0.000000433. The zero-order valence-electron chi connectivity index (χ0n) is 18.2. The largest absolute Gasteiger partial charge is 0.416 e. The lowest BCUT2D eigenvalue weighted by Gasteiger charge is -2.10. The van der Waals surface area contributed by atoms with Crippen molar-refractivity contribution < 1.29 is 22.8 Å². The van der Waals surface area contributed by atoms with Crippen LogP contribution in [0.3, 0.4) is 0 Å². The Morgan fingerprint density at radius 1 is 0.969 bits per heavy atom. The van der Waals surface area contributed by atoms with E-state index >= 15 is 0 Å². The predicted octanol–water partition coefficient (Wildman–Crippen LogP) is 4.57. The fourth-order valence-electron chi connectivity index (χ4n) is 2.80. The summed E-state index contributed by atoms with van der Waals surface area (Å²) in [5.74, 6) is -0.282. The molecule has 176 valence electrons. The molecular formula is C24H32F3N3O2. The highest BCUT2D eigenvalue weighted by Gasteiger charge is 2.30. The van der Waals surface area contributed by atoms with Crippen LogP contribution in [-0.4, -0.2) is 31.8 Å². The van der Waals surface area contributed by atoms with E-state index in [4.69, 9.17) is 5.73 Å². The molecule has 0 bridgehead atoms. The first kappa shape index (κ1) is 27.3. The second-order valence-electron chi connectivity index (χ2n) is 7.17. The molecule has 1 amide bonds. The molecule has 2 aromatic carbocycles. The fraction of sp³-hybridized carbons (Fsp3) is 0.417. The summed E-state index contributed by atoms with van der Waals surface area (Å²) in [6.07, 6.45) is 0.970. The van der Waals surface area contributed by atoms with Crippen molar-refractivity contribution in [3.05, 3.63) is 65.7 Å². The maximum atomic E-state index is 12.6. The number of carbonyl (C=O) groups excluding carboxylic acids is 2. The van der Waals surface area contributed by atoms with Gasteiger partial charge in [-0.15, -0.1) is 0 Å². The highest BCUT2D eigenvalue weighted by Crippen LogP contribution is 2.30. The number of rotatable bonds is 12. The lowest BCUT2D eigenvalue weighted by Crippen LogP contribution is -2.23. The van der Waals surface area contributed by atoms with Crippen LogP contribution in [0.4, 0.5) is 18.9 Å². The number of hydrogen-bond acceptors (Lipinski definition) is 4. The van der Waals surface area contributed by atoms with E-state index in [-0.39, 0.29) is 18.0 Å². The van der Waals surface area contributed by atoms with Crippen molar-refractivity contribution in [1.29, 1.82) is 0 Å². The molecule has 0 aromatic heterocycles. The van der Waals surface area contributed by atoms with E-state index in [9.17, 15) is 22.8 Å². The summed E-state index contributed by atoms with van der Waals surface area (Å²) in [6.45, 7) is 2.54. The van der Waals surface area contributed by atoms with E-state index in [2.05, 4.69) is 10.6 Å². The van der Waals surface area contributed by atoms with Crippen LogP contribution in [0.25, 0.3) is 0 Å². The van der Waals surface area contributed by atoms with Gasteiger partial charge in [-0.2, -0.15) is 13.2 Å². The molecule has 2 aromatic rings. The van der Waals surface area contributed by atoms with E-state index in [1.807, 2.05) is 30.3 Å². The van der Waals surface area contributed by atoms with Crippen molar-refractivity contribution in [2.45, 2.75) is 44.7 Å². The van der Waals surface area contributed by atoms with Crippen LogP contribution in [0.15, 0.2) is 54.6 Å². The van der Waals surface area contributed by atoms with Crippen LogP contribution < -0.4 is 16.4 Å². The summed E-state index contributed by atoms with van der Waals surface area (Å²) in [7, 11) is 0. The van der Waals surface area contributed by atoms with Crippen molar-refractivity contribution in [2.75, 3.05) is 25.0 Å². The van der Waals surface area contributed by atoms with Crippen LogP contribution in [-0.2, 0) is 22.2 Å². The monoisotopic (exact) mass is 451 g/mol. The Labute approximate surface area is 187 Å². The van der Waals surface area contributed by atoms with Crippen molar-refractivity contribution in [3.8, 4) is 0 Å². The standard InChI is InChI=1S/C17H16F3NO.C7H16N2O/c18-17(19,20)14-9-5-10-15(12-14)21-16(22)11-4-8-13-6-2-1-3-7-13;8-4-6-9-5-2-1-3-7-10/h1-3,5-7,9-10,12H,4,8,11H2,(H,21,22);7,9H,1-6,8H2. The van der Waals surface area contributed by atoms with Crippen molar-refractivity contribution in [3.63, 3.8) is 0 Å². The number of aldehydes is 1. The lowest BCUT2D eigenvalue weighted by atomic mass is 10.1. The third-order valence-corrected chi connectivity index (χ3v) is 4.43. The van der Waals surface area contributed by atoms with Gasteiger partial charge in [0, 0.05) is 31.6 Å². The SMILES string of the molecule is NCCNCCCCC=O.O=C(CCCc1ccccc1)Nc1cccc(C(F)(F)F)c1. The molecule has 5 nitrogen and oxygen atoms in total. The first-order valence-electron chi connectivity index (χ1n) is 10.7. The van der Waals surface area contributed by atoms with E-state index in [1.54, 1.807) is 0 Å². The molecule has 8 heteroatoms. The summed E-state index contributed by atoms with van der Waals surface area (Å²) in [6, 6.07) is 14.4. The smallest absolute Gasteiger partial charge is 0.329 e. The summed E-state index contributed by atoms with van der Waals surface area (Å²) in [4.78, 5) is 21.6.